The molecule has 1 heterocycles. The molecule has 8 heteroatoms. The molecule has 0 aliphatic rings. The highest BCUT2D eigenvalue weighted by molar-refractivity contribution is 9.11. The van der Waals surface area contributed by atoms with Crippen molar-refractivity contribution in [2.75, 3.05) is 7.11 Å². The fourth-order valence-electron chi connectivity index (χ4n) is 1.70. The van der Waals surface area contributed by atoms with Crippen LogP contribution in [0.25, 0.3) is 10.8 Å². The molecule has 1 aromatic heterocycles. The van der Waals surface area contributed by atoms with Crippen LogP contribution in [-0.2, 0) is 4.74 Å². The van der Waals surface area contributed by atoms with Crippen LogP contribution >= 0.6 is 31.9 Å². The summed E-state index contributed by atoms with van der Waals surface area (Å²) in [5.41, 5.74) is -0.0896. The van der Waals surface area contributed by atoms with Crippen LogP contribution in [0.1, 0.15) is 10.5 Å². The van der Waals surface area contributed by atoms with E-state index < -0.39 is 10.9 Å². The standard InChI is InChI=1S/C11H6Br2N2O4/c1-19-11(16)9-5-2-3-6(12)10(15(17)18)8(5)7(13)4-14-9/h2-4H,1H3. The summed E-state index contributed by atoms with van der Waals surface area (Å²) < 4.78 is 5.38. The molecule has 0 saturated carbocycles. The largest absolute Gasteiger partial charge is 0.464 e. The number of pyridine rings is 1. The van der Waals surface area contributed by atoms with Crippen LogP contribution < -0.4 is 0 Å². The van der Waals surface area contributed by atoms with Gasteiger partial charge in [-0.2, -0.15) is 0 Å². The highest BCUT2D eigenvalue weighted by Gasteiger charge is 2.23. The van der Waals surface area contributed by atoms with E-state index in [9.17, 15) is 14.9 Å². The second-order valence-electron chi connectivity index (χ2n) is 3.52. The average molecular weight is 390 g/mol. The van der Waals surface area contributed by atoms with Crippen molar-refractivity contribution < 1.29 is 14.5 Å². The van der Waals surface area contributed by atoms with Crippen LogP contribution in [0.15, 0.2) is 27.3 Å². The molecule has 98 valence electrons. The second-order valence-corrected chi connectivity index (χ2v) is 5.23. The third kappa shape index (κ3) is 2.33. The topological polar surface area (TPSA) is 82.3 Å². The van der Waals surface area contributed by atoms with E-state index in [4.69, 9.17) is 0 Å². The van der Waals surface area contributed by atoms with E-state index in [1.165, 1.54) is 19.4 Å². The molecule has 0 aliphatic heterocycles. The molecule has 1 aromatic carbocycles. The van der Waals surface area contributed by atoms with Crippen LogP contribution in [0.5, 0.6) is 0 Å². The Morgan fingerprint density at radius 3 is 2.63 bits per heavy atom. The molecule has 2 aromatic rings. The molecule has 0 bridgehead atoms. The monoisotopic (exact) mass is 388 g/mol. The first-order valence-electron chi connectivity index (χ1n) is 4.96. The highest BCUT2D eigenvalue weighted by Crippen LogP contribution is 2.38. The smallest absolute Gasteiger partial charge is 0.357 e. The van der Waals surface area contributed by atoms with Gasteiger partial charge in [0.1, 0.15) is 0 Å². The lowest BCUT2D eigenvalue weighted by molar-refractivity contribution is -0.383. The Kier molecular flexibility index (Phi) is 3.81. The zero-order valence-corrected chi connectivity index (χ0v) is 12.7. The summed E-state index contributed by atoms with van der Waals surface area (Å²) in [7, 11) is 1.23. The third-order valence-corrected chi connectivity index (χ3v) is 3.73. The summed E-state index contributed by atoms with van der Waals surface area (Å²) in [5.74, 6) is -0.644. The van der Waals surface area contributed by atoms with E-state index in [0.29, 0.717) is 19.7 Å². The Bertz CT molecular complexity index is 703. The molecule has 0 fully saturated rings. The minimum atomic E-state index is -0.644. The van der Waals surface area contributed by atoms with Gasteiger partial charge in [-0.3, -0.25) is 10.1 Å². The number of carbonyl (C=O) groups is 1. The lowest BCUT2D eigenvalue weighted by Gasteiger charge is -2.07. The molecule has 0 radical (unpaired) electrons. The van der Waals surface area contributed by atoms with Crippen LogP contribution in [0, 0.1) is 10.1 Å². The van der Waals surface area contributed by atoms with Crippen molar-refractivity contribution in [1.29, 1.82) is 0 Å². The first-order valence-corrected chi connectivity index (χ1v) is 6.55. The molecule has 0 amide bonds. The van der Waals surface area contributed by atoms with Crippen molar-refractivity contribution in [2.24, 2.45) is 0 Å². The van der Waals surface area contributed by atoms with Crippen LogP contribution in [0.4, 0.5) is 5.69 Å². The van der Waals surface area contributed by atoms with Gasteiger partial charge in [-0.05, 0) is 37.9 Å². The van der Waals surface area contributed by atoms with E-state index in [1.807, 2.05) is 0 Å². The van der Waals surface area contributed by atoms with Gasteiger partial charge in [-0.25, -0.2) is 9.78 Å². The number of carbonyl (C=O) groups excluding carboxylic acids is 1. The molecular weight excluding hydrogens is 384 g/mol. The lowest BCUT2D eigenvalue weighted by atomic mass is 10.1. The Balaban J connectivity index is 2.95. The quantitative estimate of drug-likeness (QED) is 0.446. The predicted molar refractivity (Wildman–Crippen MR) is 75.1 cm³/mol. The van der Waals surface area contributed by atoms with Crippen molar-refractivity contribution in [3.63, 3.8) is 0 Å². The highest BCUT2D eigenvalue weighted by atomic mass is 79.9. The molecule has 0 spiro atoms. The summed E-state index contributed by atoms with van der Waals surface area (Å²) in [6, 6.07) is 3.08. The Morgan fingerprint density at radius 1 is 1.37 bits per heavy atom. The first-order chi connectivity index (χ1) is 8.97. The number of nitro benzene ring substituents is 1. The van der Waals surface area contributed by atoms with Crippen molar-refractivity contribution in [2.45, 2.75) is 0 Å². The van der Waals surface area contributed by atoms with E-state index in [0.717, 1.165) is 0 Å². The third-order valence-electron chi connectivity index (χ3n) is 2.49. The van der Waals surface area contributed by atoms with Gasteiger partial charge >= 0.3 is 5.97 Å². The normalized spacial score (nSPS) is 10.5. The minimum Gasteiger partial charge on any atom is -0.464 e. The van der Waals surface area contributed by atoms with Crippen molar-refractivity contribution >= 4 is 54.3 Å². The first kappa shape index (κ1) is 13.9. The molecule has 0 N–H and O–H groups in total. The van der Waals surface area contributed by atoms with Crippen molar-refractivity contribution in [3.8, 4) is 0 Å². The number of rotatable bonds is 2. The van der Waals surface area contributed by atoms with E-state index in [2.05, 4.69) is 41.6 Å². The number of hydrogen-bond acceptors (Lipinski definition) is 5. The number of nitro groups is 1. The number of fused-ring (bicyclic) bond motifs is 1. The predicted octanol–water partition coefficient (Wildman–Crippen LogP) is 3.45. The summed E-state index contributed by atoms with van der Waals surface area (Å²) in [4.78, 5) is 26.2. The van der Waals surface area contributed by atoms with Gasteiger partial charge < -0.3 is 4.74 Å². The zero-order chi connectivity index (χ0) is 14.2. The van der Waals surface area contributed by atoms with Crippen LogP contribution in [-0.4, -0.2) is 23.0 Å². The molecule has 0 atom stereocenters. The maximum absolute atomic E-state index is 11.6. The van der Waals surface area contributed by atoms with Gasteiger partial charge in [0.05, 0.1) is 26.4 Å². The van der Waals surface area contributed by atoms with Gasteiger partial charge in [-0.1, -0.05) is 6.07 Å². The molecule has 19 heavy (non-hydrogen) atoms. The summed E-state index contributed by atoms with van der Waals surface area (Å²) >= 11 is 6.35. The van der Waals surface area contributed by atoms with Gasteiger partial charge in [0, 0.05) is 11.6 Å². The number of halogens is 2. The number of aromatic nitrogens is 1. The molecule has 0 unspecified atom stereocenters. The minimum absolute atomic E-state index is 0.0382. The van der Waals surface area contributed by atoms with Crippen LogP contribution in [0.3, 0.4) is 0 Å². The Morgan fingerprint density at radius 2 is 2.05 bits per heavy atom. The second kappa shape index (κ2) is 5.22. The Hall–Kier alpha value is -1.54. The lowest BCUT2D eigenvalue weighted by Crippen LogP contribution is -2.06. The van der Waals surface area contributed by atoms with Gasteiger partial charge in [0.2, 0.25) is 0 Å². The number of nitrogens with zero attached hydrogens (tertiary/aromatic N) is 2. The summed E-state index contributed by atoms with van der Waals surface area (Å²) in [5, 5.41) is 11.8. The molecule has 0 aliphatic carbocycles. The zero-order valence-electron chi connectivity index (χ0n) is 9.52. The average Bonchev–Trinajstić information content (AvgIpc) is 2.38. The molecular formula is C11H6Br2N2O4. The number of hydrogen-bond donors (Lipinski definition) is 0. The SMILES string of the molecule is COC(=O)c1ncc(Br)c2c([N+](=O)[O-])c(Br)ccc12. The van der Waals surface area contributed by atoms with E-state index >= 15 is 0 Å². The number of methoxy groups -OCH3 is 1. The van der Waals surface area contributed by atoms with Gasteiger partial charge in [0.25, 0.3) is 5.69 Å². The number of benzene rings is 1. The van der Waals surface area contributed by atoms with Gasteiger partial charge in [0.15, 0.2) is 5.69 Å². The number of esters is 1. The molecule has 2 rings (SSSR count). The maximum atomic E-state index is 11.6. The van der Waals surface area contributed by atoms with E-state index in [1.54, 1.807) is 6.07 Å². The Labute approximate surface area is 124 Å². The molecule has 6 nitrogen and oxygen atoms in total. The van der Waals surface area contributed by atoms with E-state index in [-0.39, 0.29) is 11.4 Å². The summed E-state index contributed by atoms with van der Waals surface area (Å²) in [6.45, 7) is 0. The number of ether oxygens (including phenoxy) is 1. The van der Waals surface area contributed by atoms with Crippen molar-refractivity contribution in [1.82, 2.24) is 4.98 Å². The van der Waals surface area contributed by atoms with Crippen LogP contribution in [0.2, 0.25) is 0 Å². The maximum Gasteiger partial charge on any atom is 0.357 e. The van der Waals surface area contributed by atoms with Gasteiger partial charge in [-0.15, -0.1) is 0 Å². The van der Waals surface area contributed by atoms with Crippen molar-refractivity contribution in [3.05, 3.63) is 43.1 Å². The fourth-order valence-corrected chi connectivity index (χ4v) is 2.68. The summed E-state index contributed by atoms with van der Waals surface area (Å²) in [6.07, 6.45) is 1.34. The fraction of sp³-hybridized carbons (Fsp3) is 0.0909. The molecule has 0 saturated heterocycles.